The molecule has 0 aliphatic heterocycles. The van der Waals surface area contributed by atoms with E-state index in [1.54, 1.807) is 18.9 Å². The molecule has 136 valence electrons. The SMILES string of the molecule is COc1ccc(N(Cc2ccc(C(C)C)cc2)C(=O)[C@H](C)N)cc1.Cl. The Labute approximate surface area is 156 Å². The Morgan fingerprint density at radius 1 is 1.04 bits per heavy atom. The van der Waals surface area contributed by atoms with E-state index < -0.39 is 6.04 Å². The molecule has 2 rings (SSSR count). The molecule has 0 fully saturated rings. The normalized spacial score (nSPS) is 11.6. The maximum absolute atomic E-state index is 12.5. The van der Waals surface area contributed by atoms with Gasteiger partial charge in [-0.05, 0) is 48.2 Å². The number of methoxy groups -OCH3 is 1. The van der Waals surface area contributed by atoms with Gasteiger partial charge in [0.1, 0.15) is 5.75 Å². The fourth-order valence-electron chi connectivity index (χ4n) is 2.49. The standard InChI is InChI=1S/C20H26N2O2.ClH/c1-14(2)17-7-5-16(6-8-17)13-22(20(23)15(3)21)18-9-11-19(24-4)12-10-18;/h5-12,14-15H,13,21H2,1-4H3;1H/t15-;/m0./s1. The van der Waals surface area contributed by atoms with Gasteiger partial charge in [0.15, 0.2) is 0 Å². The van der Waals surface area contributed by atoms with E-state index >= 15 is 0 Å². The summed E-state index contributed by atoms with van der Waals surface area (Å²) in [6, 6.07) is 15.3. The predicted molar refractivity (Wildman–Crippen MR) is 106 cm³/mol. The molecular weight excluding hydrogens is 336 g/mol. The maximum Gasteiger partial charge on any atom is 0.243 e. The van der Waals surface area contributed by atoms with Gasteiger partial charge in [0.2, 0.25) is 5.91 Å². The average Bonchev–Trinajstić information content (AvgIpc) is 2.59. The number of nitrogens with zero attached hydrogens (tertiary/aromatic N) is 1. The van der Waals surface area contributed by atoms with E-state index in [9.17, 15) is 4.79 Å². The fourth-order valence-corrected chi connectivity index (χ4v) is 2.49. The minimum absolute atomic E-state index is 0. The summed E-state index contributed by atoms with van der Waals surface area (Å²) >= 11 is 0. The molecule has 0 aliphatic rings. The lowest BCUT2D eigenvalue weighted by Gasteiger charge is -2.25. The molecule has 0 bridgehead atoms. The van der Waals surface area contributed by atoms with Gasteiger partial charge in [0.25, 0.3) is 0 Å². The van der Waals surface area contributed by atoms with Crippen LogP contribution >= 0.6 is 12.4 Å². The molecule has 0 spiro atoms. The van der Waals surface area contributed by atoms with Gasteiger partial charge in [-0.15, -0.1) is 12.4 Å². The quantitative estimate of drug-likeness (QED) is 0.840. The lowest BCUT2D eigenvalue weighted by Crippen LogP contribution is -2.41. The van der Waals surface area contributed by atoms with Crippen LogP contribution in [0.15, 0.2) is 48.5 Å². The second-order valence-corrected chi connectivity index (χ2v) is 6.31. The van der Waals surface area contributed by atoms with E-state index in [1.807, 2.05) is 24.3 Å². The van der Waals surface area contributed by atoms with Crippen LogP contribution < -0.4 is 15.4 Å². The van der Waals surface area contributed by atoms with Crippen molar-refractivity contribution >= 4 is 24.0 Å². The number of rotatable bonds is 6. The van der Waals surface area contributed by atoms with Crippen molar-refractivity contribution in [3.63, 3.8) is 0 Å². The fraction of sp³-hybridized carbons (Fsp3) is 0.350. The highest BCUT2D eigenvalue weighted by atomic mass is 35.5. The molecule has 5 heteroatoms. The van der Waals surface area contributed by atoms with Crippen LogP contribution in [-0.2, 0) is 11.3 Å². The third kappa shape index (κ3) is 5.48. The zero-order valence-electron chi connectivity index (χ0n) is 15.2. The number of amides is 1. The van der Waals surface area contributed by atoms with Crippen LogP contribution in [0.25, 0.3) is 0 Å². The molecule has 0 unspecified atom stereocenters. The van der Waals surface area contributed by atoms with E-state index in [4.69, 9.17) is 10.5 Å². The number of carbonyl (C=O) groups excluding carboxylic acids is 1. The number of hydrogen-bond acceptors (Lipinski definition) is 3. The van der Waals surface area contributed by atoms with Gasteiger partial charge in [0.05, 0.1) is 19.7 Å². The Kier molecular flexibility index (Phi) is 7.94. The molecule has 0 radical (unpaired) electrons. The number of anilines is 1. The summed E-state index contributed by atoms with van der Waals surface area (Å²) in [5.41, 5.74) is 9.00. The van der Waals surface area contributed by atoms with E-state index in [0.717, 1.165) is 17.0 Å². The minimum atomic E-state index is -0.554. The topological polar surface area (TPSA) is 55.6 Å². The zero-order valence-corrected chi connectivity index (χ0v) is 16.0. The van der Waals surface area contributed by atoms with Crippen molar-refractivity contribution in [2.45, 2.75) is 39.3 Å². The molecule has 0 aromatic heterocycles. The number of benzene rings is 2. The largest absolute Gasteiger partial charge is 0.497 e. The van der Waals surface area contributed by atoms with Crippen LogP contribution in [0.5, 0.6) is 5.75 Å². The third-order valence-corrected chi connectivity index (χ3v) is 4.03. The lowest BCUT2D eigenvalue weighted by molar-refractivity contribution is -0.119. The minimum Gasteiger partial charge on any atom is -0.497 e. The Morgan fingerprint density at radius 2 is 1.60 bits per heavy atom. The number of nitrogens with two attached hydrogens (primary N) is 1. The first kappa shape index (κ1) is 21.0. The summed E-state index contributed by atoms with van der Waals surface area (Å²) in [6.45, 7) is 6.53. The number of carbonyl (C=O) groups is 1. The Hall–Kier alpha value is -2.04. The van der Waals surface area contributed by atoms with Gasteiger partial charge in [-0.2, -0.15) is 0 Å². The number of hydrogen-bond donors (Lipinski definition) is 1. The first-order valence-electron chi connectivity index (χ1n) is 8.22. The highest BCUT2D eigenvalue weighted by Gasteiger charge is 2.19. The molecule has 1 atom stereocenters. The lowest BCUT2D eigenvalue weighted by atomic mass is 10.0. The summed E-state index contributed by atoms with van der Waals surface area (Å²) < 4.78 is 5.18. The average molecular weight is 363 g/mol. The second-order valence-electron chi connectivity index (χ2n) is 6.31. The van der Waals surface area contributed by atoms with E-state index in [1.165, 1.54) is 5.56 Å². The predicted octanol–water partition coefficient (Wildman–Crippen LogP) is 4.12. The van der Waals surface area contributed by atoms with Crippen LogP contribution in [0, 0.1) is 0 Å². The van der Waals surface area contributed by atoms with Crippen LogP contribution in [0.2, 0.25) is 0 Å². The van der Waals surface area contributed by atoms with Crippen molar-refractivity contribution in [3.8, 4) is 5.75 Å². The Balaban J connectivity index is 0.00000312. The highest BCUT2D eigenvalue weighted by molar-refractivity contribution is 5.96. The van der Waals surface area contributed by atoms with Crippen molar-refractivity contribution in [1.29, 1.82) is 0 Å². The summed E-state index contributed by atoms with van der Waals surface area (Å²) in [5, 5.41) is 0. The van der Waals surface area contributed by atoms with Gasteiger partial charge >= 0.3 is 0 Å². The van der Waals surface area contributed by atoms with Crippen molar-refractivity contribution in [2.75, 3.05) is 12.0 Å². The molecule has 0 aliphatic carbocycles. The summed E-state index contributed by atoms with van der Waals surface area (Å²) in [7, 11) is 1.62. The Bertz CT molecular complexity index is 667. The first-order chi connectivity index (χ1) is 11.4. The summed E-state index contributed by atoms with van der Waals surface area (Å²) in [4.78, 5) is 14.3. The van der Waals surface area contributed by atoms with E-state index in [0.29, 0.717) is 12.5 Å². The van der Waals surface area contributed by atoms with E-state index in [-0.39, 0.29) is 18.3 Å². The van der Waals surface area contributed by atoms with Gasteiger partial charge in [-0.3, -0.25) is 4.79 Å². The smallest absolute Gasteiger partial charge is 0.243 e. The highest BCUT2D eigenvalue weighted by Crippen LogP contribution is 2.23. The van der Waals surface area contributed by atoms with Crippen LogP contribution in [0.3, 0.4) is 0 Å². The van der Waals surface area contributed by atoms with Crippen molar-refractivity contribution in [2.24, 2.45) is 5.73 Å². The molecule has 0 heterocycles. The molecule has 25 heavy (non-hydrogen) atoms. The molecule has 2 aromatic rings. The third-order valence-electron chi connectivity index (χ3n) is 4.03. The molecule has 0 saturated heterocycles. The van der Waals surface area contributed by atoms with Gasteiger partial charge in [-0.25, -0.2) is 0 Å². The van der Waals surface area contributed by atoms with Crippen molar-refractivity contribution in [1.82, 2.24) is 0 Å². The summed E-state index contributed by atoms with van der Waals surface area (Å²) in [6.07, 6.45) is 0. The zero-order chi connectivity index (χ0) is 17.7. The molecule has 2 N–H and O–H groups in total. The van der Waals surface area contributed by atoms with Crippen molar-refractivity contribution < 1.29 is 9.53 Å². The van der Waals surface area contributed by atoms with Gasteiger partial charge in [0, 0.05) is 5.69 Å². The maximum atomic E-state index is 12.5. The van der Waals surface area contributed by atoms with Crippen LogP contribution in [-0.4, -0.2) is 19.1 Å². The molecule has 4 nitrogen and oxygen atoms in total. The second kappa shape index (κ2) is 9.44. The van der Waals surface area contributed by atoms with Gasteiger partial charge in [-0.1, -0.05) is 38.1 Å². The monoisotopic (exact) mass is 362 g/mol. The first-order valence-corrected chi connectivity index (χ1v) is 8.22. The van der Waals surface area contributed by atoms with Gasteiger partial charge < -0.3 is 15.4 Å². The van der Waals surface area contributed by atoms with E-state index in [2.05, 4.69) is 38.1 Å². The van der Waals surface area contributed by atoms with Crippen LogP contribution in [0.1, 0.15) is 37.8 Å². The summed E-state index contributed by atoms with van der Waals surface area (Å²) in [5.74, 6) is 1.14. The number of ether oxygens (including phenoxy) is 1. The molecule has 2 aromatic carbocycles. The molecular formula is C20H27ClN2O2. The number of halogens is 1. The Morgan fingerprint density at radius 3 is 2.04 bits per heavy atom. The molecule has 0 saturated carbocycles. The molecule has 1 amide bonds. The van der Waals surface area contributed by atoms with Crippen molar-refractivity contribution in [3.05, 3.63) is 59.7 Å². The van der Waals surface area contributed by atoms with Crippen LogP contribution in [0.4, 0.5) is 5.69 Å².